The van der Waals surface area contributed by atoms with Crippen molar-refractivity contribution in [2.45, 2.75) is 75.2 Å². The third-order valence-electron chi connectivity index (χ3n) is 26.1. The van der Waals surface area contributed by atoms with Gasteiger partial charge in [0, 0.05) is 57.5 Å². The standard InChI is InChI=1S/C113H89B2N3O/c1-69-29-23-30-70(2)105(69)81-49-55-88(56-50-81)117-99-59-53-83(107-73(5)33-25-34-74(107)6)62-96(99)114-95-68-98-103(67-93(95)111(94-61-85(64-101(117)112(94)114)109-77(9)37-27-38-78(109)10)110-91(79-39-15-11-16-40-79)47-28-48-92(110)80-41-17-12-18-42-80)119-104-66-90(116(86-43-19-13-20-44-86)87-45-21-14-22-46-87)65-102-113(104)115(98)97-63-84(108-75(7)35-26-36-76(108)8)54-60-100(97)118(102)89-57-51-82(52-58-89)106-71(3)31-24-32-72(106)4/h11-68,111H,1-10H3. The minimum absolute atomic E-state index is 0.290. The molecular weight excluding hydrogens is 1440 g/mol. The van der Waals surface area contributed by atoms with Crippen molar-refractivity contribution < 1.29 is 4.74 Å². The van der Waals surface area contributed by atoms with Gasteiger partial charge < -0.3 is 19.4 Å². The van der Waals surface area contributed by atoms with Crippen LogP contribution in [0.5, 0.6) is 11.5 Å². The van der Waals surface area contributed by atoms with Crippen molar-refractivity contribution in [3.05, 3.63) is 424 Å². The topological polar surface area (TPSA) is 19.0 Å². The quantitative estimate of drug-likeness (QED) is 0.107. The van der Waals surface area contributed by atoms with Gasteiger partial charge in [0.15, 0.2) is 0 Å². The number of hydrogen-bond acceptors (Lipinski definition) is 4. The lowest BCUT2D eigenvalue weighted by Crippen LogP contribution is -2.65. The fraction of sp³-hybridized carbons (Fsp3) is 0.0973. The van der Waals surface area contributed by atoms with Gasteiger partial charge in [-0.25, -0.2) is 0 Å². The molecule has 0 aliphatic carbocycles. The molecule has 4 aliphatic heterocycles. The van der Waals surface area contributed by atoms with Crippen LogP contribution in [-0.4, -0.2) is 13.4 Å². The highest BCUT2D eigenvalue weighted by Gasteiger charge is 2.50. The second kappa shape index (κ2) is 29.1. The maximum Gasteiger partial charge on any atom is 0.256 e. The Labute approximate surface area is 700 Å². The number of rotatable bonds is 13. The van der Waals surface area contributed by atoms with Crippen LogP contribution in [0, 0.1) is 69.2 Å². The van der Waals surface area contributed by atoms with Gasteiger partial charge in [-0.15, -0.1) is 0 Å². The zero-order valence-electron chi connectivity index (χ0n) is 69.0. The molecule has 21 rings (SSSR count). The van der Waals surface area contributed by atoms with E-state index in [1.165, 1.54) is 167 Å². The second-order valence-corrected chi connectivity index (χ2v) is 33.4. The molecule has 6 heteroatoms. The van der Waals surface area contributed by atoms with Crippen molar-refractivity contribution in [2.75, 3.05) is 14.7 Å². The van der Waals surface area contributed by atoms with E-state index >= 15 is 0 Å². The monoisotopic (exact) mass is 1530 g/mol. The normalized spacial score (nSPS) is 13.2. The van der Waals surface area contributed by atoms with E-state index in [2.05, 4.69) is 436 Å². The molecule has 119 heavy (non-hydrogen) atoms. The Balaban J connectivity index is 0.904. The Morgan fingerprint density at radius 2 is 0.613 bits per heavy atom. The molecule has 0 fully saturated rings. The Kier molecular flexibility index (Phi) is 17.8. The van der Waals surface area contributed by atoms with Gasteiger partial charge in [-0.2, -0.15) is 0 Å². The molecule has 17 aromatic carbocycles. The van der Waals surface area contributed by atoms with Crippen LogP contribution in [0.4, 0.5) is 51.2 Å². The Hall–Kier alpha value is -13.9. The van der Waals surface area contributed by atoms with Crippen molar-refractivity contribution in [1.29, 1.82) is 0 Å². The molecule has 4 nitrogen and oxygen atoms in total. The molecular formula is C113H89B2N3O. The summed E-state index contributed by atoms with van der Waals surface area (Å²) in [5, 5.41) is 0. The highest BCUT2D eigenvalue weighted by Crippen LogP contribution is 2.53. The van der Waals surface area contributed by atoms with Crippen molar-refractivity contribution in [1.82, 2.24) is 0 Å². The number of hydrogen-bond donors (Lipinski definition) is 0. The summed E-state index contributed by atoms with van der Waals surface area (Å²) in [5.41, 5.74) is 50.1. The van der Waals surface area contributed by atoms with Gasteiger partial charge >= 0.3 is 0 Å². The zero-order chi connectivity index (χ0) is 80.6. The molecule has 0 radical (unpaired) electrons. The minimum atomic E-state index is -0.373. The molecule has 4 heterocycles. The molecule has 1 atom stereocenters. The molecule has 568 valence electrons. The predicted octanol–water partition coefficient (Wildman–Crippen LogP) is 26.1. The van der Waals surface area contributed by atoms with Gasteiger partial charge in [0.05, 0.1) is 5.69 Å². The van der Waals surface area contributed by atoms with Crippen LogP contribution < -0.4 is 52.2 Å². The fourth-order valence-electron chi connectivity index (χ4n) is 21.1. The molecule has 0 bridgehead atoms. The highest BCUT2D eigenvalue weighted by molar-refractivity contribution is 7.02. The summed E-state index contributed by atoms with van der Waals surface area (Å²) in [4.78, 5) is 7.59. The van der Waals surface area contributed by atoms with Crippen molar-refractivity contribution >= 4 is 97.4 Å². The van der Waals surface area contributed by atoms with Crippen LogP contribution in [0.25, 0.3) is 77.9 Å². The average Bonchev–Trinajstić information content (AvgIpc) is 0.680. The van der Waals surface area contributed by atoms with Gasteiger partial charge in [-0.3, -0.25) is 0 Å². The molecule has 0 saturated heterocycles. The predicted molar refractivity (Wildman–Crippen MR) is 506 cm³/mol. The Morgan fingerprint density at radius 3 is 1.04 bits per heavy atom. The van der Waals surface area contributed by atoms with Gasteiger partial charge in [0.2, 0.25) is 6.71 Å². The van der Waals surface area contributed by atoms with Crippen LogP contribution in [0.15, 0.2) is 352 Å². The van der Waals surface area contributed by atoms with E-state index in [1.807, 2.05) is 0 Å². The maximum absolute atomic E-state index is 8.28. The number of benzene rings is 17. The molecule has 0 aromatic heterocycles. The lowest BCUT2D eigenvalue weighted by atomic mass is 9.29. The molecule has 0 saturated carbocycles. The fourth-order valence-corrected chi connectivity index (χ4v) is 21.1. The van der Waals surface area contributed by atoms with Gasteiger partial charge in [0.25, 0.3) is 6.71 Å². The summed E-state index contributed by atoms with van der Waals surface area (Å²) < 4.78 is 8.28. The largest absolute Gasteiger partial charge is 0.458 e. The highest BCUT2D eigenvalue weighted by atomic mass is 16.5. The molecule has 17 aromatic rings. The summed E-state index contributed by atoms with van der Waals surface area (Å²) in [6, 6.07) is 134. The first-order valence-corrected chi connectivity index (χ1v) is 42.0. The lowest BCUT2D eigenvalue weighted by Gasteiger charge is -2.45. The van der Waals surface area contributed by atoms with E-state index in [9.17, 15) is 0 Å². The number of ether oxygens (including phenoxy) is 1. The average molecular weight is 1530 g/mol. The summed E-state index contributed by atoms with van der Waals surface area (Å²) in [7, 11) is 0. The first kappa shape index (κ1) is 72.7. The minimum Gasteiger partial charge on any atom is -0.458 e. The van der Waals surface area contributed by atoms with Crippen LogP contribution in [0.2, 0.25) is 0 Å². The Morgan fingerprint density at radius 1 is 0.244 bits per heavy atom. The first-order chi connectivity index (χ1) is 58.2. The van der Waals surface area contributed by atoms with E-state index < -0.39 is 0 Å². The summed E-state index contributed by atoms with van der Waals surface area (Å²) in [6.07, 6.45) is 0. The zero-order valence-corrected chi connectivity index (χ0v) is 69.0. The van der Waals surface area contributed by atoms with Crippen molar-refractivity contribution in [2.24, 2.45) is 0 Å². The number of aryl methyl sites for hydroxylation is 10. The molecule has 0 spiro atoms. The first-order valence-electron chi connectivity index (χ1n) is 42.0. The van der Waals surface area contributed by atoms with Crippen LogP contribution >= 0.6 is 0 Å². The molecule has 1 unspecified atom stereocenters. The smallest absolute Gasteiger partial charge is 0.256 e. The van der Waals surface area contributed by atoms with E-state index in [4.69, 9.17) is 4.74 Å². The maximum atomic E-state index is 8.28. The SMILES string of the molecule is Cc1cccc(C)c1-c1ccc(N2c3ccc(-c4c(C)cccc4C)cc3B3c4cc5c(cc4Oc4cc(N(c6ccccc6)c6ccccc6)cc2c43)C(c2c(-c3ccccc3)cccc2-c2ccccc2)c2cc(-c3c(C)cccc3C)cc3c2B5c2cc(-c4c(C)cccc4C)ccc2N3c2ccc(-c3c(C)cccc3C)cc2)cc1. The van der Waals surface area contributed by atoms with Gasteiger partial charge in [-0.1, -0.05) is 272 Å². The van der Waals surface area contributed by atoms with E-state index in [0.717, 1.165) is 79.1 Å². The molecule has 4 aliphatic rings. The summed E-state index contributed by atoms with van der Waals surface area (Å²) in [5.74, 6) is 1.28. The van der Waals surface area contributed by atoms with E-state index in [-0.39, 0.29) is 19.3 Å². The van der Waals surface area contributed by atoms with Gasteiger partial charge in [0.1, 0.15) is 11.5 Å². The van der Waals surface area contributed by atoms with Crippen molar-refractivity contribution in [3.63, 3.8) is 0 Å². The third kappa shape index (κ3) is 12.0. The van der Waals surface area contributed by atoms with Crippen LogP contribution in [0.3, 0.4) is 0 Å². The van der Waals surface area contributed by atoms with E-state index in [0.29, 0.717) is 0 Å². The summed E-state index contributed by atoms with van der Waals surface area (Å²) >= 11 is 0. The third-order valence-corrected chi connectivity index (χ3v) is 26.1. The number of anilines is 9. The number of para-hydroxylation sites is 2. The van der Waals surface area contributed by atoms with Crippen LogP contribution in [-0.2, 0) is 0 Å². The summed E-state index contributed by atoms with van der Waals surface area (Å²) in [6.45, 7) is 22.0. The lowest BCUT2D eigenvalue weighted by molar-refractivity contribution is 0.487. The van der Waals surface area contributed by atoms with Crippen LogP contribution in [0.1, 0.15) is 78.2 Å². The number of nitrogens with zero attached hydrogens (tertiary/aromatic N) is 3. The second-order valence-electron chi connectivity index (χ2n) is 33.4. The Bertz CT molecular complexity index is 6760. The molecule has 0 N–H and O–H groups in total. The molecule has 0 amide bonds. The van der Waals surface area contributed by atoms with E-state index in [1.54, 1.807) is 0 Å². The van der Waals surface area contributed by atoms with Crippen molar-refractivity contribution in [3.8, 4) is 89.4 Å². The van der Waals surface area contributed by atoms with Gasteiger partial charge in [-0.05, 0) is 326 Å². The number of fused-ring (bicyclic) bond motifs is 8.